The fourth-order valence-corrected chi connectivity index (χ4v) is 3.13. The molecule has 0 atom stereocenters. The molecule has 0 aliphatic carbocycles. The van der Waals surface area contributed by atoms with E-state index in [1.807, 2.05) is 18.2 Å². The molecule has 0 N–H and O–H groups in total. The van der Waals surface area contributed by atoms with E-state index in [0.717, 1.165) is 46.4 Å². The van der Waals surface area contributed by atoms with Crippen molar-refractivity contribution in [2.45, 2.75) is 53.9 Å². The fraction of sp³-hybridized carbons (Fsp3) is 0.381. The molecule has 139 valence electrons. The molecule has 0 radical (unpaired) electrons. The second-order valence-electron chi connectivity index (χ2n) is 6.44. The minimum Gasteiger partial charge on any atom is -0.147 e. The van der Waals surface area contributed by atoms with Gasteiger partial charge in [-0.3, -0.25) is 0 Å². The Labute approximate surface area is 174 Å². The molecule has 0 fully saturated rings. The summed E-state index contributed by atoms with van der Waals surface area (Å²) in [5, 5.41) is 0. The number of aryl methyl sites for hydroxylation is 2. The molecule has 0 saturated heterocycles. The molecule has 2 rings (SSSR count). The van der Waals surface area contributed by atoms with Crippen molar-refractivity contribution in [3.05, 3.63) is 46.5 Å². The van der Waals surface area contributed by atoms with Crippen molar-refractivity contribution in [1.29, 1.82) is 0 Å². The summed E-state index contributed by atoms with van der Waals surface area (Å²) < 4.78 is 11.4. The van der Waals surface area contributed by atoms with Gasteiger partial charge in [0.15, 0.2) is 0 Å². The number of benzene rings is 2. The molecular weight excluding hydrogens is 384 g/mol. The third kappa shape index (κ3) is 4.91. The normalized spacial score (nSPS) is 10.2. The molecule has 26 heavy (non-hydrogen) atoms. The van der Waals surface area contributed by atoms with Crippen LogP contribution in [0, 0.1) is 27.7 Å². The summed E-state index contributed by atoms with van der Waals surface area (Å²) in [7, 11) is 0. The van der Waals surface area contributed by atoms with Crippen LogP contribution >= 0.6 is 12.4 Å². The number of hydrogen-bond donors (Lipinski definition) is 0. The standard InChI is InChI=1S/C21H26O3.ClH.Ti/c1-6-7-8-19(23)24-18-12-10-14(3)16(5)21(18)20-15(4)13(2)9-11-17(20)22;;/h9-12,22H,6-8H2,1-5H3;1H;/q;;+1/p-1. The van der Waals surface area contributed by atoms with Crippen molar-refractivity contribution < 1.29 is 33.7 Å². The van der Waals surface area contributed by atoms with Gasteiger partial charge in [-0.25, -0.2) is 0 Å². The van der Waals surface area contributed by atoms with Crippen molar-refractivity contribution in [3.8, 4) is 22.6 Å². The van der Waals surface area contributed by atoms with E-state index in [-0.39, 0.29) is 18.4 Å². The van der Waals surface area contributed by atoms with Crippen LogP contribution in [0.2, 0.25) is 0 Å². The van der Waals surface area contributed by atoms with Crippen LogP contribution in [0.3, 0.4) is 0 Å². The van der Waals surface area contributed by atoms with Gasteiger partial charge in [0.05, 0.1) is 0 Å². The van der Waals surface area contributed by atoms with E-state index >= 15 is 0 Å². The van der Waals surface area contributed by atoms with Crippen molar-refractivity contribution in [1.82, 2.24) is 0 Å². The predicted octanol–water partition coefficient (Wildman–Crippen LogP) is 5.95. The predicted molar refractivity (Wildman–Crippen MR) is 104 cm³/mol. The van der Waals surface area contributed by atoms with Gasteiger partial charge in [0.1, 0.15) is 0 Å². The third-order valence-electron chi connectivity index (χ3n) is 4.71. The van der Waals surface area contributed by atoms with Gasteiger partial charge in [-0.05, 0) is 0 Å². The zero-order valence-electron chi connectivity index (χ0n) is 16.1. The zero-order valence-corrected chi connectivity index (χ0v) is 18.4. The molecule has 0 amide bonds. The Morgan fingerprint density at radius 2 is 1.42 bits per heavy atom. The molecule has 2 aromatic carbocycles. The summed E-state index contributed by atoms with van der Waals surface area (Å²) in [4.78, 5) is 12.2. The summed E-state index contributed by atoms with van der Waals surface area (Å²) >= 11 is 1.67. The van der Waals surface area contributed by atoms with Gasteiger partial charge in [-0.2, -0.15) is 0 Å². The van der Waals surface area contributed by atoms with E-state index in [2.05, 4.69) is 40.7 Å². The molecule has 2 aromatic rings. The molecule has 3 nitrogen and oxygen atoms in total. The van der Waals surface area contributed by atoms with Crippen molar-refractivity contribution in [2.75, 3.05) is 0 Å². The van der Waals surface area contributed by atoms with E-state index in [1.165, 1.54) is 5.56 Å². The van der Waals surface area contributed by atoms with Crippen LogP contribution in [-0.2, 0) is 25.6 Å². The average Bonchev–Trinajstić information content (AvgIpc) is 2.59. The Bertz CT molecular complexity index is 787. The van der Waals surface area contributed by atoms with Gasteiger partial charge in [-0.15, -0.1) is 12.4 Å². The first kappa shape index (κ1) is 22.8. The molecule has 0 unspecified atom stereocenters. The first-order valence-corrected chi connectivity index (χ1v) is 9.29. The topological polar surface area (TPSA) is 35.5 Å². The molecule has 0 aromatic heterocycles. The first-order chi connectivity index (χ1) is 11.9. The van der Waals surface area contributed by atoms with Crippen LogP contribution < -0.4 is 8.06 Å². The number of rotatable bonds is 6. The second kappa shape index (κ2) is 10.2. The second-order valence-corrected chi connectivity index (χ2v) is 6.76. The molecule has 0 bridgehead atoms. The summed E-state index contributed by atoms with van der Waals surface area (Å²) in [5.74, 6) is 1.22. The number of unbranched alkanes of at least 4 members (excludes halogenated alkanes) is 1. The van der Waals surface area contributed by atoms with E-state index < -0.39 is 0 Å². The van der Waals surface area contributed by atoms with Crippen LogP contribution in [0.25, 0.3) is 11.1 Å². The Morgan fingerprint density at radius 1 is 0.923 bits per heavy atom. The van der Waals surface area contributed by atoms with Crippen molar-refractivity contribution >= 4 is 18.4 Å². The van der Waals surface area contributed by atoms with Gasteiger partial charge in [0.25, 0.3) is 0 Å². The summed E-state index contributed by atoms with van der Waals surface area (Å²) in [5.41, 5.74) is 6.53. The summed E-state index contributed by atoms with van der Waals surface area (Å²) in [6.45, 7) is 10.4. The third-order valence-corrected chi connectivity index (χ3v) is 5.06. The molecular formula is C21H26ClO3Ti. The molecule has 5 heteroatoms. The maximum Gasteiger partial charge on any atom is -0.147 e. The van der Waals surface area contributed by atoms with Gasteiger partial charge >= 0.3 is 163 Å². The number of hydrogen-bond acceptors (Lipinski definition) is 3. The Kier molecular flexibility index (Phi) is 8.89. The van der Waals surface area contributed by atoms with E-state index in [9.17, 15) is 4.79 Å². The molecule has 0 heterocycles. The van der Waals surface area contributed by atoms with E-state index in [1.54, 1.807) is 20.8 Å². The molecule has 0 aliphatic rings. The van der Waals surface area contributed by atoms with Crippen molar-refractivity contribution in [3.63, 3.8) is 0 Å². The first-order valence-electron chi connectivity index (χ1n) is 8.65. The minimum absolute atomic E-state index is 0. The minimum atomic E-state index is -0.185. The number of carbonyl (C=O) groups is 1. The zero-order chi connectivity index (χ0) is 18.6. The van der Waals surface area contributed by atoms with Crippen LogP contribution in [0.1, 0.15) is 48.4 Å². The number of carbonyl (C=O) groups excluding carboxylic acids is 1. The fourth-order valence-electron chi connectivity index (χ4n) is 2.87. The molecule has 0 spiro atoms. The largest absolute Gasteiger partial charge is 0.147 e. The summed E-state index contributed by atoms with van der Waals surface area (Å²) in [6, 6.07) is 7.92. The van der Waals surface area contributed by atoms with E-state index in [4.69, 9.17) is 8.06 Å². The smallest absolute Gasteiger partial charge is 0.147 e. The number of esters is 1. The van der Waals surface area contributed by atoms with Crippen molar-refractivity contribution in [2.24, 2.45) is 0 Å². The van der Waals surface area contributed by atoms with Crippen LogP contribution in [-0.4, -0.2) is 5.97 Å². The monoisotopic (exact) mass is 409 g/mol. The van der Waals surface area contributed by atoms with Gasteiger partial charge in [-0.1, -0.05) is 0 Å². The van der Waals surface area contributed by atoms with E-state index in [0.29, 0.717) is 12.2 Å². The number of ether oxygens (including phenoxy) is 1. The van der Waals surface area contributed by atoms with Crippen LogP contribution in [0.15, 0.2) is 24.3 Å². The molecule has 0 aliphatic heterocycles. The Balaban J connectivity index is 0.00000338. The van der Waals surface area contributed by atoms with Crippen LogP contribution in [0.5, 0.6) is 11.5 Å². The van der Waals surface area contributed by atoms with Gasteiger partial charge < -0.3 is 0 Å². The van der Waals surface area contributed by atoms with Gasteiger partial charge in [0, 0.05) is 0 Å². The Hall–Kier alpha value is -1.29. The molecule has 0 saturated carbocycles. The maximum atomic E-state index is 12.2. The summed E-state index contributed by atoms with van der Waals surface area (Å²) in [6.07, 6.45) is 2.25. The van der Waals surface area contributed by atoms with Gasteiger partial charge in [0.2, 0.25) is 0 Å². The number of halogens is 1. The average molecular weight is 410 g/mol. The Morgan fingerprint density at radius 3 is 1.92 bits per heavy atom. The maximum absolute atomic E-state index is 12.2. The SMILES string of the molecule is CCCCC(=O)Oc1ccc(C)c(C)c1-c1c([O][Ti])ccc(C)c1C.Cl. The van der Waals surface area contributed by atoms with Crippen LogP contribution in [0.4, 0.5) is 0 Å². The quantitative estimate of drug-likeness (QED) is 0.336.